The third-order valence-electron chi connectivity index (χ3n) is 4.25. The average Bonchev–Trinajstić information content (AvgIpc) is 3.23. The molecular weight excluding hydrogens is 376 g/mol. The van der Waals surface area contributed by atoms with Crippen molar-refractivity contribution in [2.24, 2.45) is 5.73 Å². The van der Waals surface area contributed by atoms with Crippen LogP contribution >= 0.6 is 0 Å². The number of rotatable bonds is 5. The first-order valence-electron chi connectivity index (χ1n) is 8.77. The lowest BCUT2D eigenvalue weighted by Gasteiger charge is -2.26. The molecule has 1 atom stereocenters. The van der Waals surface area contributed by atoms with Crippen LogP contribution in [-0.4, -0.2) is 18.5 Å². The van der Waals surface area contributed by atoms with E-state index in [1.54, 1.807) is 44.2 Å². The standard InChI is InChI=1S/C21H18N2O6/c1-3-26-21(25)17-12(2)28-19(23)15(11-22)18(17)13-6-8-14(9-7-13)29-20(24)16-5-4-10-27-16/h4-10,18H,3,23H2,1-2H3. The molecule has 0 spiro atoms. The highest BCUT2D eigenvalue weighted by molar-refractivity contribution is 5.92. The molecule has 1 aliphatic rings. The number of benzene rings is 1. The Labute approximate surface area is 166 Å². The fraction of sp³-hybridized carbons (Fsp3) is 0.190. The Morgan fingerprint density at radius 1 is 1.21 bits per heavy atom. The molecule has 1 unspecified atom stereocenters. The molecule has 0 saturated carbocycles. The van der Waals surface area contributed by atoms with Crippen LogP contribution in [0.25, 0.3) is 0 Å². The van der Waals surface area contributed by atoms with Crippen molar-refractivity contribution < 1.29 is 28.2 Å². The van der Waals surface area contributed by atoms with E-state index < -0.39 is 17.9 Å². The van der Waals surface area contributed by atoms with Crippen LogP contribution in [0.4, 0.5) is 0 Å². The Hall–Kier alpha value is -3.99. The first-order chi connectivity index (χ1) is 14.0. The van der Waals surface area contributed by atoms with E-state index in [4.69, 9.17) is 24.4 Å². The van der Waals surface area contributed by atoms with Crippen molar-refractivity contribution in [1.82, 2.24) is 0 Å². The van der Waals surface area contributed by atoms with Gasteiger partial charge in [0.05, 0.1) is 24.4 Å². The summed E-state index contributed by atoms with van der Waals surface area (Å²) >= 11 is 0. The zero-order valence-corrected chi connectivity index (χ0v) is 15.8. The second kappa shape index (κ2) is 8.35. The van der Waals surface area contributed by atoms with Gasteiger partial charge in [-0.3, -0.25) is 0 Å². The minimum Gasteiger partial charge on any atom is -0.463 e. The van der Waals surface area contributed by atoms with Crippen molar-refractivity contribution in [3.8, 4) is 11.8 Å². The molecular formula is C21H18N2O6. The van der Waals surface area contributed by atoms with Crippen LogP contribution in [0.5, 0.6) is 5.75 Å². The lowest BCUT2D eigenvalue weighted by atomic mass is 9.83. The molecule has 8 heteroatoms. The summed E-state index contributed by atoms with van der Waals surface area (Å²) in [5.41, 5.74) is 6.74. The molecule has 8 nitrogen and oxygen atoms in total. The van der Waals surface area contributed by atoms with Crippen LogP contribution in [0.2, 0.25) is 0 Å². The van der Waals surface area contributed by atoms with Crippen molar-refractivity contribution in [3.05, 3.63) is 76.8 Å². The number of carbonyl (C=O) groups excluding carboxylic acids is 2. The number of hydrogen-bond acceptors (Lipinski definition) is 8. The molecule has 2 heterocycles. The summed E-state index contributed by atoms with van der Waals surface area (Å²) in [4.78, 5) is 24.5. The Morgan fingerprint density at radius 2 is 1.93 bits per heavy atom. The molecule has 2 N–H and O–H groups in total. The topological polar surface area (TPSA) is 125 Å². The highest BCUT2D eigenvalue weighted by atomic mass is 16.5. The monoisotopic (exact) mass is 394 g/mol. The lowest BCUT2D eigenvalue weighted by Crippen LogP contribution is -2.25. The van der Waals surface area contributed by atoms with E-state index >= 15 is 0 Å². The number of nitrogens with two attached hydrogens (primary N) is 1. The molecule has 0 aliphatic carbocycles. The summed E-state index contributed by atoms with van der Waals surface area (Å²) in [5, 5.41) is 9.57. The summed E-state index contributed by atoms with van der Waals surface area (Å²) in [6.07, 6.45) is 1.37. The number of furan rings is 1. The number of ether oxygens (including phenoxy) is 3. The van der Waals surface area contributed by atoms with Gasteiger partial charge in [-0.1, -0.05) is 12.1 Å². The van der Waals surface area contributed by atoms with Gasteiger partial charge in [0.15, 0.2) is 0 Å². The number of nitrogens with zero attached hydrogens (tertiary/aromatic N) is 1. The highest BCUT2D eigenvalue weighted by Crippen LogP contribution is 2.40. The van der Waals surface area contributed by atoms with Crippen LogP contribution in [0.15, 0.2) is 69.9 Å². The van der Waals surface area contributed by atoms with Gasteiger partial charge in [-0.05, 0) is 43.7 Å². The van der Waals surface area contributed by atoms with Gasteiger partial charge in [0.2, 0.25) is 11.6 Å². The van der Waals surface area contributed by atoms with Crippen molar-refractivity contribution in [3.63, 3.8) is 0 Å². The van der Waals surface area contributed by atoms with Crippen molar-refractivity contribution in [2.45, 2.75) is 19.8 Å². The van der Waals surface area contributed by atoms with E-state index in [-0.39, 0.29) is 40.9 Å². The zero-order chi connectivity index (χ0) is 21.0. The molecule has 0 amide bonds. The predicted molar refractivity (Wildman–Crippen MR) is 100 cm³/mol. The second-order valence-corrected chi connectivity index (χ2v) is 6.05. The highest BCUT2D eigenvalue weighted by Gasteiger charge is 2.36. The number of carbonyl (C=O) groups is 2. The molecule has 29 heavy (non-hydrogen) atoms. The van der Waals surface area contributed by atoms with E-state index in [1.165, 1.54) is 12.3 Å². The van der Waals surface area contributed by atoms with Gasteiger partial charge in [0.1, 0.15) is 23.2 Å². The van der Waals surface area contributed by atoms with Crippen LogP contribution in [0, 0.1) is 11.3 Å². The molecule has 1 aromatic carbocycles. The van der Waals surface area contributed by atoms with Gasteiger partial charge >= 0.3 is 11.9 Å². The number of esters is 2. The molecule has 2 aromatic rings. The average molecular weight is 394 g/mol. The molecule has 148 valence electrons. The van der Waals surface area contributed by atoms with Crippen LogP contribution in [0.1, 0.15) is 35.9 Å². The minimum atomic E-state index is -0.761. The Morgan fingerprint density at radius 3 is 2.52 bits per heavy atom. The van der Waals surface area contributed by atoms with E-state index in [2.05, 4.69) is 0 Å². The summed E-state index contributed by atoms with van der Waals surface area (Å²) in [7, 11) is 0. The smallest absolute Gasteiger partial charge is 0.379 e. The van der Waals surface area contributed by atoms with Crippen LogP contribution in [0.3, 0.4) is 0 Å². The maximum atomic E-state index is 12.5. The van der Waals surface area contributed by atoms with E-state index in [1.807, 2.05) is 6.07 Å². The SMILES string of the molecule is CCOC(=O)C1=C(C)OC(N)=C(C#N)C1c1ccc(OC(=O)c2ccco2)cc1. The summed E-state index contributed by atoms with van der Waals surface area (Å²) < 4.78 is 20.7. The van der Waals surface area contributed by atoms with Crippen molar-refractivity contribution in [1.29, 1.82) is 5.26 Å². The van der Waals surface area contributed by atoms with E-state index in [0.717, 1.165) is 0 Å². The van der Waals surface area contributed by atoms with E-state index in [9.17, 15) is 14.9 Å². The molecule has 1 aromatic heterocycles. The molecule has 3 rings (SSSR count). The Bertz CT molecular complexity index is 1030. The fourth-order valence-electron chi connectivity index (χ4n) is 2.97. The predicted octanol–water partition coefficient (Wildman–Crippen LogP) is 3.14. The first kappa shape index (κ1) is 19.8. The largest absolute Gasteiger partial charge is 0.463 e. The molecule has 0 bridgehead atoms. The third-order valence-corrected chi connectivity index (χ3v) is 4.25. The molecule has 0 radical (unpaired) electrons. The molecule has 1 aliphatic heterocycles. The van der Waals surface area contributed by atoms with E-state index in [0.29, 0.717) is 5.56 Å². The zero-order valence-electron chi connectivity index (χ0n) is 15.8. The summed E-state index contributed by atoms with van der Waals surface area (Å²) in [6, 6.07) is 11.5. The third kappa shape index (κ3) is 3.99. The molecule has 0 fully saturated rings. The van der Waals surface area contributed by atoms with Gasteiger partial charge in [-0.25, -0.2) is 9.59 Å². The minimum absolute atomic E-state index is 0.0728. The Balaban J connectivity index is 1.93. The second-order valence-electron chi connectivity index (χ2n) is 6.05. The van der Waals surface area contributed by atoms with Gasteiger partial charge in [0.25, 0.3) is 0 Å². The molecule has 0 saturated heterocycles. The van der Waals surface area contributed by atoms with Gasteiger partial charge in [0, 0.05) is 0 Å². The lowest BCUT2D eigenvalue weighted by molar-refractivity contribution is -0.139. The maximum Gasteiger partial charge on any atom is 0.379 e. The number of nitriles is 1. The van der Waals surface area contributed by atoms with Gasteiger partial charge < -0.3 is 24.4 Å². The Kier molecular flexibility index (Phi) is 5.69. The number of allylic oxidation sites excluding steroid dienone is 2. The van der Waals surface area contributed by atoms with Crippen LogP contribution in [-0.2, 0) is 14.3 Å². The quantitative estimate of drug-likeness (QED) is 0.606. The van der Waals surface area contributed by atoms with Crippen molar-refractivity contribution >= 4 is 11.9 Å². The number of hydrogen-bond donors (Lipinski definition) is 1. The van der Waals surface area contributed by atoms with Gasteiger partial charge in [-0.2, -0.15) is 5.26 Å². The van der Waals surface area contributed by atoms with Crippen molar-refractivity contribution in [2.75, 3.05) is 6.61 Å². The van der Waals surface area contributed by atoms with Crippen LogP contribution < -0.4 is 10.5 Å². The normalized spacial score (nSPS) is 16.1. The summed E-state index contributed by atoms with van der Waals surface area (Å²) in [5.74, 6) is -1.46. The van der Waals surface area contributed by atoms with Gasteiger partial charge in [-0.15, -0.1) is 0 Å². The first-order valence-corrected chi connectivity index (χ1v) is 8.77. The summed E-state index contributed by atoms with van der Waals surface area (Å²) in [6.45, 7) is 3.44. The fourth-order valence-corrected chi connectivity index (χ4v) is 2.97. The maximum absolute atomic E-state index is 12.5.